The maximum Gasteiger partial charge on any atom is 0.185 e. The highest BCUT2D eigenvalue weighted by molar-refractivity contribution is 6.04. The van der Waals surface area contributed by atoms with Crippen molar-refractivity contribution in [1.29, 1.82) is 0 Å². The minimum Gasteiger partial charge on any atom is -0.388 e. The number of carbonyl (C=O) groups is 1. The van der Waals surface area contributed by atoms with Gasteiger partial charge in [0.15, 0.2) is 5.78 Å². The van der Waals surface area contributed by atoms with E-state index < -0.39 is 6.10 Å². The number of rotatable bonds is 6. The zero-order valence-corrected chi connectivity index (χ0v) is 14.2. The van der Waals surface area contributed by atoms with Gasteiger partial charge in [0, 0.05) is 11.0 Å². The summed E-state index contributed by atoms with van der Waals surface area (Å²) in [5.41, 5.74) is 2.22. The predicted molar refractivity (Wildman–Crippen MR) is 93.4 cm³/mol. The maximum atomic E-state index is 11.6. The molecule has 3 aliphatic carbocycles. The molecule has 0 aromatic heterocycles. The van der Waals surface area contributed by atoms with Gasteiger partial charge in [0.05, 0.1) is 6.10 Å². The van der Waals surface area contributed by atoms with Crippen LogP contribution in [0.1, 0.15) is 80.3 Å². The maximum absolute atomic E-state index is 11.6. The monoisotopic (exact) mass is 312 g/mol. The third-order valence-electron chi connectivity index (χ3n) is 6.52. The predicted octanol–water partition coefficient (Wildman–Crippen LogP) is 5.23. The number of fused-ring (bicyclic) bond motifs is 3. The van der Waals surface area contributed by atoms with Crippen molar-refractivity contribution in [3.63, 3.8) is 0 Å². The molecule has 1 unspecified atom stereocenters. The first-order chi connectivity index (χ1) is 11.0. The van der Waals surface area contributed by atoms with E-state index in [0.29, 0.717) is 11.0 Å². The molecule has 0 aliphatic heterocycles. The fourth-order valence-electron chi connectivity index (χ4n) is 4.91. The summed E-state index contributed by atoms with van der Waals surface area (Å²) in [5.74, 6) is -0.0658. The summed E-state index contributed by atoms with van der Waals surface area (Å²) in [6, 6.07) is 7.45. The van der Waals surface area contributed by atoms with Gasteiger partial charge in [0.1, 0.15) is 0 Å². The van der Waals surface area contributed by atoms with Crippen LogP contribution in [0, 0.1) is 10.8 Å². The van der Waals surface area contributed by atoms with Gasteiger partial charge in [-0.2, -0.15) is 0 Å². The summed E-state index contributed by atoms with van der Waals surface area (Å²) in [7, 11) is 0. The van der Waals surface area contributed by atoms with Crippen LogP contribution < -0.4 is 0 Å². The summed E-state index contributed by atoms with van der Waals surface area (Å²) in [4.78, 5) is 11.6. The summed E-state index contributed by atoms with van der Waals surface area (Å²) < 4.78 is 0. The molecule has 2 nitrogen and oxygen atoms in total. The molecule has 3 fully saturated rings. The third kappa shape index (κ3) is 2.89. The lowest BCUT2D eigenvalue weighted by Gasteiger charge is -2.55. The normalized spacial score (nSPS) is 30.9. The molecule has 2 bridgehead atoms. The van der Waals surface area contributed by atoms with Crippen LogP contribution in [0.15, 0.2) is 36.9 Å². The standard InChI is InChI=1S/C21H28O2/c1-3-9-20-10-13-21(14-11-20,15-12-20)19(23)17-7-5-16(6-8-17)18(22)4-2/h4-8,19,23H,2-3,9-15H2,1H3. The molecule has 23 heavy (non-hydrogen) atoms. The van der Waals surface area contributed by atoms with Gasteiger partial charge in [-0.15, -0.1) is 0 Å². The number of aliphatic hydroxyl groups excluding tert-OH is 1. The van der Waals surface area contributed by atoms with E-state index in [1.807, 2.05) is 24.3 Å². The minimum absolute atomic E-state index is 0.0550. The highest BCUT2D eigenvalue weighted by atomic mass is 16.3. The molecule has 0 heterocycles. The first-order valence-electron chi connectivity index (χ1n) is 8.99. The van der Waals surface area contributed by atoms with Gasteiger partial charge >= 0.3 is 0 Å². The van der Waals surface area contributed by atoms with E-state index in [-0.39, 0.29) is 11.2 Å². The van der Waals surface area contributed by atoms with Crippen LogP contribution in [0.5, 0.6) is 0 Å². The first-order valence-corrected chi connectivity index (χ1v) is 8.99. The van der Waals surface area contributed by atoms with Crippen LogP contribution >= 0.6 is 0 Å². The zero-order chi connectivity index (χ0) is 16.5. The van der Waals surface area contributed by atoms with Crippen molar-refractivity contribution in [3.05, 3.63) is 48.0 Å². The average Bonchev–Trinajstić information content (AvgIpc) is 2.62. The number of ketones is 1. The van der Waals surface area contributed by atoms with Crippen molar-refractivity contribution in [1.82, 2.24) is 0 Å². The van der Waals surface area contributed by atoms with E-state index in [1.54, 1.807) is 0 Å². The molecule has 2 heteroatoms. The van der Waals surface area contributed by atoms with Crippen molar-refractivity contribution in [2.24, 2.45) is 10.8 Å². The molecule has 3 aliphatic rings. The highest BCUT2D eigenvalue weighted by Gasteiger charge is 2.51. The fourth-order valence-corrected chi connectivity index (χ4v) is 4.91. The van der Waals surface area contributed by atoms with E-state index in [0.717, 1.165) is 24.8 Å². The van der Waals surface area contributed by atoms with Crippen molar-refractivity contribution in [3.8, 4) is 0 Å². The van der Waals surface area contributed by atoms with Crippen molar-refractivity contribution >= 4 is 5.78 Å². The van der Waals surface area contributed by atoms with Crippen LogP contribution in [-0.4, -0.2) is 10.9 Å². The Balaban J connectivity index is 1.75. The van der Waals surface area contributed by atoms with Crippen LogP contribution in [-0.2, 0) is 0 Å². The van der Waals surface area contributed by atoms with Crippen LogP contribution in [0.3, 0.4) is 0 Å². The number of aliphatic hydroxyl groups is 1. The minimum atomic E-state index is -0.407. The zero-order valence-electron chi connectivity index (χ0n) is 14.2. The lowest BCUT2D eigenvalue weighted by atomic mass is 9.50. The molecule has 1 atom stereocenters. The van der Waals surface area contributed by atoms with Crippen LogP contribution in [0.25, 0.3) is 0 Å². The summed E-state index contributed by atoms with van der Waals surface area (Å²) in [6.07, 6.45) is 10.8. The molecule has 0 spiro atoms. The molecule has 0 radical (unpaired) electrons. The second kappa shape index (κ2) is 6.24. The van der Waals surface area contributed by atoms with E-state index in [2.05, 4.69) is 13.5 Å². The Morgan fingerprint density at radius 2 is 1.74 bits per heavy atom. The quantitative estimate of drug-likeness (QED) is 0.577. The van der Waals surface area contributed by atoms with Gasteiger partial charge in [-0.3, -0.25) is 4.79 Å². The second-order valence-corrected chi connectivity index (χ2v) is 7.71. The number of carbonyl (C=O) groups excluding carboxylic acids is 1. The summed E-state index contributed by atoms with van der Waals surface area (Å²) >= 11 is 0. The molecule has 0 amide bonds. The van der Waals surface area contributed by atoms with Crippen LogP contribution in [0.2, 0.25) is 0 Å². The van der Waals surface area contributed by atoms with Crippen LogP contribution in [0.4, 0.5) is 0 Å². The number of hydrogen-bond acceptors (Lipinski definition) is 2. The Morgan fingerprint density at radius 3 is 2.22 bits per heavy atom. The number of benzene rings is 1. The van der Waals surface area contributed by atoms with Crippen molar-refractivity contribution in [2.45, 2.75) is 64.4 Å². The lowest BCUT2D eigenvalue weighted by Crippen LogP contribution is -2.44. The molecular formula is C21H28O2. The molecule has 1 N–H and O–H groups in total. The third-order valence-corrected chi connectivity index (χ3v) is 6.52. The van der Waals surface area contributed by atoms with Gasteiger partial charge < -0.3 is 5.11 Å². The van der Waals surface area contributed by atoms with E-state index in [4.69, 9.17) is 0 Å². The summed E-state index contributed by atoms with van der Waals surface area (Å²) in [6.45, 7) is 5.80. The molecule has 3 saturated carbocycles. The topological polar surface area (TPSA) is 37.3 Å². The van der Waals surface area contributed by atoms with Gasteiger partial charge in [-0.25, -0.2) is 0 Å². The fraction of sp³-hybridized carbons (Fsp3) is 0.571. The molecule has 1 aromatic rings. The van der Waals surface area contributed by atoms with Gasteiger partial charge in [-0.1, -0.05) is 44.2 Å². The Bertz CT molecular complexity index is 560. The lowest BCUT2D eigenvalue weighted by molar-refractivity contribution is -0.0930. The molecule has 0 saturated heterocycles. The van der Waals surface area contributed by atoms with E-state index >= 15 is 0 Å². The average molecular weight is 312 g/mol. The van der Waals surface area contributed by atoms with E-state index in [9.17, 15) is 9.90 Å². The van der Waals surface area contributed by atoms with Gasteiger partial charge in [0.25, 0.3) is 0 Å². The molecule has 4 rings (SSSR count). The molecule has 1 aromatic carbocycles. The first kappa shape index (κ1) is 16.4. The summed E-state index contributed by atoms with van der Waals surface area (Å²) in [5, 5.41) is 11.0. The van der Waals surface area contributed by atoms with Crippen molar-refractivity contribution in [2.75, 3.05) is 0 Å². The van der Waals surface area contributed by atoms with Gasteiger partial charge in [0.2, 0.25) is 0 Å². The Kier molecular flexibility index (Phi) is 4.46. The highest BCUT2D eigenvalue weighted by Crippen LogP contribution is 2.62. The number of hydrogen-bond donors (Lipinski definition) is 1. The Morgan fingerprint density at radius 1 is 1.17 bits per heavy atom. The SMILES string of the molecule is C=CC(=O)c1ccc(C(O)C23CCC(CCC)(CC2)CC3)cc1. The Hall–Kier alpha value is -1.41. The molecule has 124 valence electrons. The largest absolute Gasteiger partial charge is 0.388 e. The smallest absolute Gasteiger partial charge is 0.185 e. The molecular weight excluding hydrogens is 284 g/mol. The van der Waals surface area contributed by atoms with Crippen molar-refractivity contribution < 1.29 is 9.90 Å². The second-order valence-electron chi connectivity index (χ2n) is 7.71. The van der Waals surface area contributed by atoms with E-state index in [1.165, 1.54) is 38.2 Å². The Labute approximate surface area is 139 Å². The van der Waals surface area contributed by atoms with Gasteiger partial charge in [-0.05, 0) is 62.0 Å². The number of allylic oxidation sites excluding steroid dienone is 1.